The lowest BCUT2D eigenvalue weighted by atomic mass is 9.77. The van der Waals surface area contributed by atoms with Crippen LogP contribution < -0.4 is 0 Å². The van der Waals surface area contributed by atoms with E-state index in [1.54, 1.807) is 0 Å². The molecule has 142 valence electrons. The molecule has 4 heteroatoms. The molecule has 4 rings (SSSR count). The van der Waals surface area contributed by atoms with Crippen LogP contribution in [0.3, 0.4) is 0 Å². The largest absolute Gasteiger partial charge is 0.342 e. The molecule has 0 amide bonds. The summed E-state index contributed by atoms with van der Waals surface area (Å²) >= 11 is 0. The van der Waals surface area contributed by atoms with Crippen LogP contribution in [0.1, 0.15) is 48.1 Å². The van der Waals surface area contributed by atoms with Crippen molar-refractivity contribution in [1.29, 1.82) is 0 Å². The number of benzene rings is 1. The van der Waals surface area contributed by atoms with E-state index < -0.39 is 0 Å². The number of aromatic amines is 1. The summed E-state index contributed by atoms with van der Waals surface area (Å²) in [6, 6.07) is 11.1. The molecule has 0 unspecified atom stereocenters. The first-order chi connectivity index (χ1) is 12.9. The molecular weight excluding hydrogens is 332 g/mol. The van der Waals surface area contributed by atoms with Crippen LogP contribution in [-0.4, -0.2) is 32.9 Å². The van der Waals surface area contributed by atoms with E-state index in [-0.39, 0.29) is 0 Å². The Kier molecular flexibility index (Phi) is 4.77. The van der Waals surface area contributed by atoms with E-state index in [4.69, 9.17) is 0 Å². The zero-order valence-electron chi connectivity index (χ0n) is 17.0. The number of pyridine rings is 1. The summed E-state index contributed by atoms with van der Waals surface area (Å²) in [7, 11) is 0. The van der Waals surface area contributed by atoms with Crippen LogP contribution in [0.2, 0.25) is 0 Å². The normalized spacial score (nSPS) is 21.0. The van der Waals surface area contributed by atoms with Crippen LogP contribution in [0.4, 0.5) is 0 Å². The molecule has 1 aliphatic rings. The highest BCUT2D eigenvalue weighted by Gasteiger charge is 2.31. The molecule has 3 heterocycles. The minimum absolute atomic E-state index is 0.327. The lowest BCUT2D eigenvalue weighted by Crippen LogP contribution is -2.42. The smallest absolute Gasteiger partial charge is 0.104 e. The van der Waals surface area contributed by atoms with E-state index in [2.05, 4.69) is 71.0 Å². The number of nitrogens with zero attached hydrogens (tertiary/aromatic N) is 3. The van der Waals surface area contributed by atoms with Crippen molar-refractivity contribution in [1.82, 2.24) is 19.9 Å². The predicted molar refractivity (Wildman–Crippen MR) is 111 cm³/mol. The Bertz CT molecular complexity index is 938. The number of piperidine rings is 1. The lowest BCUT2D eigenvalue weighted by Gasteiger charge is -2.41. The van der Waals surface area contributed by atoms with Crippen molar-refractivity contribution in [2.75, 3.05) is 13.1 Å². The molecule has 1 N–H and O–H groups in total. The summed E-state index contributed by atoms with van der Waals surface area (Å²) in [6.07, 6.45) is 3.69. The minimum atomic E-state index is 0.327. The van der Waals surface area contributed by atoms with Gasteiger partial charge in [0, 0.05) is 24.5 Å². The summed E-state index contributed by atoms with van der Waals surface area (Å²) in [4.78, 5) is 15.0. The summed E-state index contributed by atoms with van der Waals surface area (Å²) in [5.74, 6) is 0.982. The summed E-state index contributed by atoms with van der Waals surface area (Å²) in [6.45, 7) is 12.0. The van der Waals surface area contributed by atoms with Crippen LogP contribution in [-0.2, 0) is 13.0 Å². The molecule has 1 atom stereocenters. The average molecular weight is 363 g/mol. The second kappa shape index (κ2) is 7.08. The van der Waals surface area contributed by atoms with Gasteiger partial charge in [-0.3, -0.25) is 9.88 Å². The van der Waals surface area contributed by atoms with Crippen LogP contribution in [0.25, 0.3) is 11.0 Å². The molecule has 1 aromatic carbocycles. The Balaban J connectivity index is 1.47. The summed E-state index contributed by atoms with van der Waals surface area (Å²) < 4.78 is 0. The van der Waals surface area contributed by atoms with Gasteiger partial charge in [0.25, 0.3) is 0 Å². The van der Waals surface area contributed by atoms with Gasteiger partial charge in [-0.15, -0.1) is 0 Å². The number of H-pyrrole nitrogens is 1. The molecule has 0 aliphatic carbocycles. The Labute approximate surface area is 162 Å². The second-order valence-corrected chi connectivity index (χ2v) is 8.73. The number of aromatic nitrogens is 3. The van der Waals surface area contributed by atoms with Gasteiger partial charge in [0.1, 0.15) is 5.82 Å². The molecule has 0 bridgehead atoms. The first-order valence-corrected chi connectivity index (χ1v) is 10.0. The molecular formula is C23H30N4. The summed E-state index contributed by atoms with van der Waals surface area (Å²) in [5, 5.41) is 0. The molecule has 27 heavy (non-hydrogen) atoms. The van der Waals surface area contributed by atoms with Gasteiger partial charge in [-0.05, 0) is 87.4 Å². The molecule has 1 aliphatic heterocycles. The van der Waals surface area contributed by atoms with Crippen molar-refractivity contribution in [3.05, 3.63) is 58.7 Å². The lowest BCUT2D eigenvalue weighted by molar-refractivity contribution is 0.0970. The third-order valence-corrected chi connectivity index (χ3v) is 5.70. The van der Waals surface area contributed by atoms with Gasteiger partial charge in [0.15, 0.2) is 0 Å². The first kappa shape index (κ1) is 18.2. The van der Waals surface area contributed by atoms with E-state index in [1.807, 2.05) is 6.92 Å². The number of hydrogen-bond donors (Lipinski definition) is 1. The molecule has 4 nitrogen and oxygen atoms in total. The predicted octanol–water partition coefficient (Wildman–Crippen LogP) is 4.73. The van der Waals surface area contributed by atoms with Crippen molar-refractivity contribution < 1.29 is 0 Å². The molecule has 0 saturated carbocycles. The maximum atomic E-state index is 4.53. The third kappa shape index (κ3) is 4.22. The fourth-order valence-electron chi connectivity index (χ4n) is 4.76. The standard InChI is InChI=1S/C23H30N4/c1-16-10-20(11-17(2)24-16)13-23(4)8-5-9-27(15-23)14-19-6-7-21-22(12-19)26-18(3)25-21/h6-7,10-12H,5,8-9,13-15H2,1-4H3,(H,25,26)/t23-/m1/s1. The van der Waals surface area contributed by atoms with Crippen LogP contribution in [0.5, 0.6) is 0 Å². The molecule has 1 saturated heterocycles. The number of likely N-dealkylation sites (tertiary alicyclic amines) is 1. The van der Waals surface area contributed by atoms with E-state index in [0.717, 1.165) is 47.8 Å². The zero-order valence-corrected chi connectivity index (χ0v) is 17.0. The quantitative estimate of drug-likeness (QED) is 0.730. The van der Waals surface area contributed by atoms with Gasteiger partial charge >= 0.3 is 0 Å². The molecule has 0 spiro atoms. The average Bonchev–Trinajstić information content (AvgIpc) is 2.92. The zero-order chi connectivity index (χ0) is 19.0. The number of fused-ring (bicyclic) bond motifs is 1. The van der Waals surface area contributed by atoms with Crippen molar-refractivity contribution in [3.8, 4) is 0 Å². The Morgan fingerprint density at radius 3 is 2.59 bits per heavy atom. The first-order valence-electron chi connectivity index (χ1n) is 10.0. The number of imidazole rings is 1. The topological polar surface area (TPSA) is 44.8 Å². The van der Waals surface area contributed by atoms with Crippen molar-refractivity contribution in [3.63, 3.8) is 0 Å². The van der Waals surface area contributed by atoms with Crippen LogP contribution in [0, 0.1) is 26.2 Å². The number of hydrogen-bond acceptors (Lipinski definition) is 3. The number of rotatable bonds is 4. The van der Waals surface area contributed by atoms with E-state index in [9.17, 15) is 0 Å². The highest BCUT2D eigenvalue weighted by molar-refractivity contribution is 5.75. The highest BCUT2D eigenvalue weighted by atomic mass is 15.1. The van der Waals surface area contributed by atoms with Crippen molar-refractivity contribution >= 4 is 11.0 Å². The SMILES string of the molecule is Cc1cc(C[C@@]2(C)CCCN(Cc3ccc4nc(C)[nH]c4c3)C2)cc(C)n1. The van der Waals surface area contributed by atoms with Crippen molar-refractivity contribution in [2.45, 2.75) is 53.5 Å². The van der Waals surface area contributed by atoms with Crippen LogP contribution in [0.15, 0.2) is 30.3 Å². The fourth-order valence-corrected chi connectivity index (χ4v) is 4.76. The monoisotopic (exact) mass is 362 g/mol. The Morgan fingerprint density at radius 2 is 1.81 bits per heavy atom. The second-order valence-electron chi connectivity index (χ2n) is 8.73. The number of aryl methyl sites for hydroxylation is 3. The molecule has 0 radical (unpaired) electrons. The Morgan fingerprint density at radius 1 is 1.04 bits per heavy atom. The molecule has 2 aromatic heterocycles. The van der Waals surface area contributed by atoms with Gasteiger partial charge in [0.2, 0.25) is 0 Å². The fraction of sp³-hybridized carbons (Fsp3) is 0.478. The maximum absolute atomic E-state index is 4.53. The minimum Gasteiger partial charge on any atom is -0.342 e. The maximum Gasteiger partial charge on any atom is 0.104 e. The van der Waals surface area contributed by atoms with E-state index in [1.165, 1.54) is 30.5 Å². The van der Waals surface area contributed by atoms with Gasteiger partial charge in [0.05, 0.1) is 11.0 Å². The van der Waals surface area contributed by atoms with Gasteiger partial charge in [-0.2, -0.15) is 0 Å². The highest BCUT2D eigenvalue weighted by Crippen LogP contribution is 2.34. The summed E-state index contributed by atoms with van der Waals surface area (Å²) in [5.41, 5.74) is 7.59. The van der Waals surface area contributed by atoms with Crippen LogP contribution >= 0.6 is 0 Å². The third-order valence-electron chi connectivity index (χ3n) is 5.70. The van der Waals surface area contributed by atoms with Gasteiger partial charge in [-0.25, -0.2) is 4.98 Å². The van der Waals surface area contributed by atoms with E-state index >= 15 is 0 Å². The number of nitrogens with one attached hydrogen (secondary N) is 1. The van der Waals surface area contributed by atoms with Gasteiger partial charge in [-0.1, -0.05) is 13.0 Å². The molecule has 3 aromatic rings. The molecule has 1 fully saturated rings. The van der Waals surface area contributed by atoms with Gasteiger partial charge < -0.3 is 4.98 Å². The van der Waals surface area contributed by atoms with Crippen molar-refractivity contribution in [2.24, 2.45) is 5.41 Å². The Hall–Kier alpha value is -2.20. The van der Waals surface area contributed by atoms with E-state index in [0.29, 0.717) is 5.41 Å².